The van der Waals surface area contributed by atoms with E-state index in [1.54, 1.807) is 0 Å². The number of hydrogen-bond acceptors (Lipinski definition) is 4. The third-order valence-corrected chi connectivity index (χ3v) is 4.01. The van der Waals surface area contributed by atoms with Gasteiger partial charge in [0.25, 0.3) is 0 Å². The van der Waals surface area contributed by atoms with Crippen LogP contribution in [0, 0.1) is 11.8 Å². The predicted molar refractivity (Wildman–Crippen MR) is 80.3 cm³/mol. The molecule has 4 atom stereocenters. The molecule has 0 saturated heterocycles. The first kappa shape index (κ1) is 17.8. The van der Waals surface area contributed by atoms with Gasteiger partial charge in [0.2, 0.25) is 0 Å². The highest BCUT2D eigenvalue weighted by Gasteiger charge is 2.38. The molecule has 0 aromatic heterocycles. The van der Waals surface area contributed by atoms with Crippen LogP contribution in [0.1, 0.15) is 32.1 Å². The Morgan fingerprint density at radius 3 is 2.62 bits per heavy atom. The molecule has 0 aromatic rings. The standard InChI is InChI=1S/C14H22N2O4.ClH/c15-6-2-1-3-11(13(17)18)16-14(19)20-12-8-9-4-5-10(12)7-9;/h4-5,9-12H,1-3,6-8,15H2,(H,16,19)(H,17,18);1H/t9?,10?,11-,12?;/m0./s1. The molecule has 0 aliphatic heterocycles. The summed E-state index contributed by atoms with van der Waals surface area (Å²) >= 11 is 0. The highest BCUT2D eigenvalue weighted by Crippen LogP contribution is 2.40. The first-order chi connectivity index (χ1) is 9.60. The fourth-order valence-electron chi connectivity index (χ4n) is 2.93. The van der Waals surface area contributed by atoms with Gasteiger partial charge in [-0.25, -0.2) is 9.59 Å². The second-order valence-electron chi connectivity index (χ2n) is 5.54. The third-order valence-electron chi connectivity index (χ3n) is 4.01. The molecule has 1 fully saturated rings. The minimum atomic E-state index is -1.04. The van der Waals surface area contributed by atoms with E-state index >= 15 is 0 Å². The van der Waals surface area contributed by atoms with Crippen LogP contribution in [0.15, 0.2) is 12.2 Å². The van der Waals surface area contributed by atoms with Crippen LogP contribution in [0.4, 0.5) is 4.79 Å². The predicted octanol–water partition coefficient (Wildman–Crippen LogP) is 1.68. The molecule has 7 heteroatoms. The minimum absolute atomic E-state index is 0. The SMILES string of the molecule is Cl.NCCCC[C@H](NC(=O)OC1CC2C=CC1C2)C(=O)O. The topological polar surface area (TPSA) is 102 Å². The van der Waals surface area contributed by atoms with Gasteiger partial charge < -0.3 is 20.9 Å². The van der Waals surface area contributed by atoms with E-state index in [4.69, 9.17) is 15.6 Å². The number of carboxylic acid groups (broad SMARTS) is 1. The molecule has 0 aromatic carbocycles. The Hall–Kier alpha value is -1.27. The molecule has 4 N–H and O–H groups in total. The van der Waals surface area contributed by atoms with Crippen molar-refractivity contribution in [2.75, 3.05) is 6.54 Å². The van der Waals surface area contributed by atoms with Gasteiger partial charge in [-0.15, -0.1) is 12.4 Å². The summed E-state index contributed by atoms with van der Waals surface area (Å²) in [5.74, 6) is -0.226. The number of ether oxygens (including phenoxy) is 1. The van der Waals surface area contributed by atoms with E-state index in [9.17, 15) is 9.59 Å². The van der Waals surface area contributed by atoms with Gasteiger partial charge in [-0.3, -0.25) is 0 Å². The fraction of sp³-hybridized carbons (Fsp3) is 0.714. The second kappa shape index (κ2) is 8.24. The van der Waals surface area contributed by atoms with Gasteiger partial charge in [-0.2, -0.15) is 0 Å². The highest BCUT2D eigenvalue weighted by molar-refractivity contribution is 5.85. The summed E-state index contributed by atoms with van der Waals surface area (Å²) in [4.78, 5) is 22.9. The molecule has 2 aliphatic rings. The zero-order chi connectivity index (χ0) is 14.5. The summed E-state index contributed by atoms with van der Waals surface area (Å²) in [5.41, 5.74) is 5.37. The number of fused-ring (bicyclic) bond motifs is 2. The van der Waals surface area contributed by atoms with Crippen LogP contribution in [0.5, 0.6) is 0 Å². The van der Waals surface area contributed by atoms with E-state index in [-0.39, 0.29) is 18.5 Å². The van der Waals surface area contributed by atoms with Crippen LogP contribution < -0.4 is 11.1 Å². The molecule has 0 spiro atoms. The molecule has 1 amide bonds. The lowest BCUT2D eigenvalue weighted by molar-refractivity contribution is -0.139. The van der Waals surface area contributed by atoms with Gasteiger partial charge >= 0.3 is 12.1 Å². The lowest BCUT2D eigenvalue weighted by atomic mass is 10.0. The van der Waals surface area contributed by atoms with Crippen molar-refractivity contribution in [1.29, 1.82) is 0 Å². The summed E-state index contributed by atoms with van der Waals surface area (Å²) < 4.78 is 5.34. The molecule has 21 heavy (non-hydrogen) atoms. The Morgan fingerprint density at radius 2 is 2.10 bits per heavy atom. The van der Waals surface area contributed by atoms with Gasteiger partial charge in [0, 0.05) is 5.92 Å². The zero-order valence-corrected chi connectivity index (χ0v) is 12.7. The Bertz CT molecular complexity index is 402. The van der Waals surface area contributed by atoms with Gasteiger partial charge in [0.05, 0.1) is 0 Å². The number of carbonyl (C=O) groups is 2. The van der Waals surface area contributed by atoms with Gasteiger partial charge in [-0.1, -0.05) is 12.2 Å². The number of nitrogens with one attached hydrogen (secondary N) is 1. The Kier molecular flexibility index (Phi) is 6.98. The molecule has 0 radical (unpaired) electrons. The van der Waals surface area contributed by atoms with Crippen LogP contribution in [-0.4, -0.2) is 35.9 Å². The summed E-state index contributed by atoms with van der Waals surface area (Å²) in [6.45, 7) is 0.522. The highest BCUT2D eigenvalue weighted by atomic mass is 35.5. The van der Waals surface area contributed by atoms with E-state index in [2.05, 4.69) is 17.5 Å². The van der Waals surface area contributed by atoms with E-state index in [0.29, 0.717) is 31.2 Å². The van der Waals surface area contributed by atoms with Crippen LogP contribution in [0.25, 0.3) is 0 Å². The number of aliphatic carboxylic acids is 1. The third kappa shape index (κ3) is 4.89. The van der Waals surface area contributed by atoms with Crippen LogP contribution in [0.2, 0.25) is 0 Å². The van der Waals surface area contributed by atoms with Crippen LogP contribution >= 0.6 is 12.4 Å². The van der Waals surface area contributed by atoms with Crippen LogP contribution in [0.3, 0.4) is 0 Å². The van der Waals surface area contributed by atoms with E-state index in [0.717, 1.165) is 19.3 Å². The normalized spacial score (nSPS) is 27.0. The maximum Gasteiger partial charge on any atom is 0.408 e. The number of unbranched alkanes of at least 4 members (excludes halogenated alkanes) is 1. The number of rotatable bonds is 7. The Balaban J connectivity index is 0.00000220. The van der Waals surface area contributed by atoms with Crippen molar-refractivity contribution in [3.8, 4) is 0 Å². The fourth-order valence-corrected chi connectivity index (χ4v) is 2.93. The molecular formula is C14H23ClN2O4. The first-order valence-corrected chi connectivity index (χ1v) is 7.18. The lowest BCUT2D eigenvalue weighted by Crippen LogP contribution is -2.42. The summed E-state index contributed by atoms with van der Waals surface area (Å²) in [6.07, 6.45) is 7.19. The van der Waals surface area contributed by atoms with Crippen molar-refractivity contribution in [3.63, 3.8) is 0 Å². The van der Waals surface area contributed by atoms with Crippen molar-refractivity contribution < 1.29 is 19.4 Å². The van der Waals surface area contributed by atoms with Gasteiger partial charge in [0.15, 0.2) is 0 Å². The average Bonchev–Trinajstić information content (AvgIpc) is 2.99. The number of carboxylic acids is 1. The summed E-state index contributed by atoms with van der Waals surface area (Å²) in [7, 11) is 0. The number of carbonyl (C=O) groups excluding carboxylic acids is 1. The summed E-state index contributed by atoms with van der Waals surface area (Å²) in [6, 6.07) is -0.900. The number of nitrogens with two attached hydrogens (primary N) is 1. The average molecular weight is 319 g/mol. The number of amides is 1. The van der Waals surface area contributed by atoms with Crippen molar-refractivity contribution in [2.45, 2.75) is 44.2 Å². The molecule has 2 bridgehead atoms. The van der Waals surface area contributed by atoms with Crippen molar-refractivity contribution in [3.05, 3.63) is 12.2 Å². The van der Waals surface area contributed by atoms with E-state index in [1.165, 1.54) is 0 Å². The second-order valence-corrected chi connectivity index (χ2v) is 5.54. The first-order valence-electron chi connectivity index (χ1n) is 7.18. The van der Waals surface area contributed by atoms with Crippen molar-refractivity contribution in [2.24, 2.45) is 17.6 Å². The Morgan fingerprint density at radius 1 is 1.33 bits per heavy atom. The van der Waals surface area contributed by atoms with E-state index < -0.39 is 18.1 Å². The lowest BCUT2D eigenvalue weighted by Gasteiger charge is -2.21. The van der Waals surface area contributed by atoms with Gasteiger partial charge in [-0.05, 0) is 44.6 Å². The smallest absolute Gasteiger partial charge is 0.408 e. The summed E-state index contributed by atoms with van der Waals surface area (Å²) in [5, 5.41) is 11.5. The molecule has 3 unspecified atom stereocenters. The maximum absolute atomic E-state index is 11.8. The quantitative estimate of drug-likeness (QED) is 0.489. The molecule has 2 rings (SSSR count). The maximum atomic E-state index is 11.8. The minimum Gasteiger partial charge on any atom is -0.480 e. The molecule has 0 heterocycles. The largest absolute Gasteiger partial charge is 0.480 e. The molecule has 6 nitrogen and oxygen atoms in total. The number of hydrogen-bond donors (Lipinski definition) is 3. The number of alkyl carbamates (subject to hydrolysis) is 1. The zero-order valence-electron chi connectivity index (χ0n) is 11.9. The Labute approximate surface area is 130 Å². The molecule has 120 valence electrons. The number of allylic oxidation sites excluding steroid dienone is 1. The van der Waals surface area contributed by atoms with Gasteiger partial charge in [0.1, 0.15) is 12.1 Å². The number of halogens is 1. The van der Waals surface area contributed by atoms with E-state index in [1.807, 2.05) is 0 Å². The monoisotopic (exact) mass is 318 g/mol. The molecular weight excluding hydrogens is 296 g/mol. The van der Waals surface area contributed by atoms with Crippen LogP contribution in [-0.2, 0) is 9.53 Å². The molecule has 2 aliphatic carbocycles. The van der Waals surface area contributed by atoms with Crippen molar-refractivity contribution in [1.82, 2.24) is 5.32 Å². The van der Waals surface area contributed by atoms with Crippen molar-refractivity contribution >= 4 is 24.5 Å². The molecule has 1 saturated carbocycles.